The maximum atomic E-state index is 13.4. The van der Waals surface area contributed by atoms with Crippen LogP contribution in [0.15, 0.2) is 48.5 Å². The van der Waals surface area contributed by atoms with Crippen molar-refractivity contribution < 1.29 is 18.7 Å². The molecule has 1 amide bonds. The fourth-order valence-corrected chi connectivity index (χ4v) is 3.40. The number of amides is 1. The van der Waals surface area contributed by atoms with Gasteiger partial charge in [0.15, 0.2) is 0 Å². The average Bonchev–Trinajstić information content (AvgIpc) is 3.20. The number of methoxy groups -OCH3 is 1. The lowest BCUT2D eigenvalue weighted by Crippen LogP contribution is -2.50. The van der Waals surface area contributed by atoms with Gasteiger partial charge in [0.25, 0.3) is 0 Å². The summed E-state index contributed by atoms with van der Waals surface area (Å²) >= 11 is 0. The molecule has 0 saturated heterocycles. The molecule has 0 radical (unpaired) electrons. The molecule has 1 aromatic heterocycles. The van der Waals surface area contributed by atoms with Gasteiger partial charge in [-0.3, -0.25) is 4.79 Å². The molecule has 0 unspecified atom stereocenters. The molecule has 0 bridgehead atoms. The van der Waals surface area contributed by atoms with Crippen LogP contribution in [0.2, 0.25) is 0 Å². The van der Waals surface area contributed by atoms with Crippen molar-refractivity contribution in [1.82, 2.24) is 25.1 Å². The topological polar surface area (TPSA) is 90.2 Å². The molecule has 148 valence electrons. The minimum atomic E-state index is -0.714. The highest BCUT2D eigenvalue weighted by atomic mass is 19.1. The van der Waals surface area contributed by atoms with Crippen molar-refractivity contribution in [2.75, 3.05) is 7.11 Å². The summed E-state index contributed by atoms with van der Waals surface area (Å²) in [6.45, 7) is 0.0954. The standard InChI is InChI=1S/C20H18FN5O3/c1-29-20(28)17-10-13-5-2-3-6-15(13)11-25(17)18(27)12-26-23-19(22-24-26)14-7-4-8-16(21)9-14/h2-9,17H,10-12H2,1H3/t17-/m0/s1. The van der Waals surface area contributed by atoms with E-state index in [4.69, 9.17) is 4.74 Å². The second-order valence-corrected chi connectivity index (χ2v) is 6.69. The summed E-state index contributed by atoms with van der Waals surface area (Å²) < 4.78 is 18.3. The summed E-state index contributed by atoms with van der Waals surface area (Å²) in [6.07, 6.45) is 0.383. The second-order valence-electron chi connectivity index (χ2n) is 6.69. The number of nitrogens with zero attached hydrogens (tertiary/aromatic N) is 5. The molecule has 0 fully saturated rings. The van der Waals surface area contributed by atoms with E-state index in [9.17, 15) is 14.0 Å². The summed E-state index contributed by atoms with van der Waals surface area (Å²) in [6, 6.07) is 12.8. The molecule has 0 spiro atoms. The highest BCUT2D eigenvalue weighted by molar-refractivity contribution is 5.85. The zero-order chi connectivity index (χ0) is 20.4. The highest BCUT2D eigenvalue weighted by Gasteiger charge is 2.35. The lowest BCUT2D eigenvalue weighted by Gasteiger charge is -2.35. The smallest absolute Gasteiger partial charge is 0.328 e. The largest absolute Gasteiger partial charge is 0.467 e. The van der Waals surface area contributed by atoms with Crippen molar-refractivity contribution in [3.8, 4) is 11.4 Å². The van der Waals surface area contributed by atoms with E-state index < -0.39 is 17.8 Å². The third-order valence-corrected chi connectivity index (χ3v) is 4.85. The first kappa shape index (κ1) is 18.7. The Bertz CT molecular complexity index is 1070. The molecule has 2 aromatic carbocycles. The van der Waals surface area contributed by atoms with Crippen LogP contribution in [0.25, 0.3) is 11.4 Å². The Hall–Kier alpha value is -3.62. The molecule has 8 nitrogen and oxygen atoms in total. The molecule has 1 aliphatic rings. The van der Waals surface area contributed by atoms with Crippen molar-refractivity contribution in [3.05, 3.63) is 65.5 Å². The molecule has 1 aliphatic heterocycles. The predicted molar refractivity (Wildman–Crippen MR) is 99.7 cm³/mol. The number of carbonyl (C=O) groups excluding carboxylic acids is 2. The fraction of sp³-hybridized carbons (Fsp3) is 0.250. The van der Waals surface area contributed by atoms with Crippen LogP contribution in [0.4, 0.5) is 4.39 Å². The summed E-state index contributed by atoms with van der Waals surface area (Å²) in [7, 11) is 1.30. The Morgan fingerprint density at radius 3 is 2.72 bits per heavy atom. The Kier molecular flexibility index (Phi) is 5.03. The molecule has 0 aliphatic carbocycles. The molecule has 3 aromatic rings. The van der Waals surface area contributed by atoms with Gasteiger partial charge in [0.1, 0.15) is 18.4 Å². The summed E-state index contributed by atoms with van der Waals surface area (Å²) in [5.74, 6) is -1.01. The van der Waals surface area contributed by atoms with E-state index in [1.165, 1.54) is 24.1 Å². The minimum Gasteiger partial charge on any atom is -0.467 e. The number of esters is 1. The number of hydrogen-bond acceptors (Lipinski definition) is 6. The normalized spacial score (nSPS) is 15.7. The first-order chi connectivity index (χ1) is 14.0. The zero-order valence-electron chi connectivity index (χ0n) is 15.7. The van der Waals surface area contributed by atoms with Gasteiger partial charge in [-0.25, -0.2) is 9.18 Å². The van der Waals surface area contributed by atoms with Gasteiger partial charge in [-0.15, -0.1) is 10.2 Å². The number of benzene rings is 2. The lowest BCUT2D eigenvalue weighted by atomic mass is 9.94. The maximum absolute atomic E-state index is 13.4. The Morgan fingerprint density at radius 2 is 1.97 bits per heavy atom. The van der Waals surface area contributed by atoms with Gasteiger partial charge in [-0.05, 0) is 28.5 Å². The van der Waals surface area contributed by atoms with Gasteiger partial charge in [0.05, 0.1) is 7.11 Å². The quantitative estimate of drug-likeness (QED) is 0.624. The van der Waals surface area contributed by atoms with E-state index in [0.717, 1.165) is 15.9 Å². The van der Waals surface area contributed by atoms with Crippen molar-refractivity contribution in [2.45, 2.75) is 25.6 Å². The highest BCUT2D eigenvalue weighted by Crippen LogP contribution is 2.24. The molecule has 29 heavy (non-hydrogen) atoms. The molecule has 2 heterocycles. The van der Waals surface area contributed by atoms with Crippen LogP contribution in [0.5, 0.6) is 0 Å². The molecular weight excluding hydrogens is 377 g/mol. The van der Waals surface area contributed by atoms with Crippen LogP contribution in [0.3, 0.4) is 0 Å². The molecule has 4 rings (SSSR count). The van der Waals surface area contributed by atoms with Gasteiger partial charge in [-0.2, -0.15) is 4.80 Å². The van der Waals surface area contributed by atoms with Gasteiger partial charge < -0.3 is 9.64 Å². The predicted octanol–water partition coefficient (Wildman–Crippen LogP) is 1.61. The molecule has 9 heteroatoms. The molecule has 1 atom stereocenters. The van der Waals surface area contributed by atoms with E-state index in [-0.39, 0.29) is 18.3 Å². The zero-order valence-corrected chi connectivity index (χ0v) is 15.7. The van der Waals surface area contributed by atoms with Crippen molar-refractivity contribution in [3.63, 3.8) is 0 Å². The van der Waals surface area contributed by atoms with Crippen molar-refractivity contribution in [2.24, 2.45) is 0 Å². The third-order valence-electron chi connectivity index (χ3n) is 4.85. The summed E-state index contributed by atoms with van der Waals surface area (Å²) in [4.78, 5) is 27.8. The average molecular weight is 395 g/mol. The van der Waals surface area contributed by atoms with E-state index in [2.05, 4.69) is 15.4 Å². The minimum absolute atomic E-state index is 0.196. The van der Waals surface area contributed by atoms with E-state index in [0.29, 0.717) is 18.5 Å². The maximum Gasteiger partial charge on any atom is 0.328 e. The number of halogens is 1. The number of tetrazole rings is 1. The number of aromatic nitrogens is 4. The van der Waals surface area contributed by atoms with Crippen LogP contribution in [-0.2, 0) is 33.8 Å². The molecule has 0 N–H and O–H groups in total. The number of fused-ring (bicyclic) bond motifs is 1. The summed E-state index contributed by atoms with van der Waals surface area (Å²) in [5, 5.41) is 11.9. The number of ether oxygens (including phenoxy) is 1. The molecular formula is C20H18FN5O3. The van der Waals surface area contributed by atoms with E-state index in [1.54, 1.807) is 12.1 Å². The van der Waals surface area contributed by atoms with Crippen LogP contribution in [0, 0.1) is 5.82 Å². The van der Waals surface area contributed by atoms with Crippen LogP contribution >= 0.6 is 0 Å². The molecule has 0 saturated carbocycles. The number of rotatable bonds is 4. The van der Waals surface area contributed by atoms with Crippen LogP contribution in [-0.4, -0.2) is 50.1 Å². The first-order valence-corrected chi connectivity index (χ1v) is 9.03. The Morgan fingerprint density at radius 1 is 1.17 bits per heavy atom. The van der Waals surface area contributed by atoms with Gasteiger partial charge in [0.2, 0.25) is 11.7 Å². The van der Waals surface area contributed by atoms with Crippen molar-refractivity contribution in [1.29, 1.82) is 0 Å². The second kappa shape index (κ2) is 7.78. The number of hydrogen-bond donors (Lipinski definition) is 0. The fourth-order valence-electron chi connectivity index (χ4n) is 3.40. The SMILES string of the molecule is COC(=O)[C@@H]1Cc2ccccc2CN1C(=O)Cn1nnc(-c2cccc(F)c2)n1. The van der Waals surface area contributed by atoms with Crippen LogP contribution < -0.4 is 0 Å². The van der Waals surface area contributed by atoms with Gasteiger partial charge in [0, 0.05) is 18.5 Å². The number of carbonyl (C=O) groups is 2. The van der Waals surface area contributed by atoms with E-state index in [1.807, 2.05) is 24.3 Å². The van der Waals surface area contributed by atoms with Crippen molar-refractivity contribution >= 4 is 11.9 Å². The van der Waals surface area contributed by atoms with E-state index >= 15 is 0 Å². The van der Waals surface area contributed by atoms with Crippen LogP contribution in [0.1, 0.15) is 11.1 Å². The lowest BCUT2D eigenvalue weighted by molar-refractivity contribution is -0.154. The third kappa shape index (κ3) is 3.84. The van der Waals surface area contributed by atoms with Gasteiger partial charge in [-0.1, -0.05) is 36.4 Å². The summed E-state index contributed by atoms with van der Waals surface area (Å²) in [5.41, 5.74) is 2.45. The van der Waals surface area contributed by atoms with Gasteiger partial charge >= 0.3 is 5.97 Å². The first-order valence-electron chi connectivity index (χ1n) is 9.03. The Labute approximate surface area is 165 Å². The Balaban J connectivity index is 1.55. The monoisotopic (exact) mass is 395 g/mol.